The van der Waals surface area contributed by atoms with E-state index in [4.69, 9.17) is 34.2 Å². The molecule has 0 spiro atoms. The Hall–Kier alpha value is -2.73. The smallest absolute Gasteiger partial charge is 0.408 e. The Kier molecular flexibility index (Phi) is 9.66. The van der Waals surface area contributed by atoms with Gasteiger partial charge >= 0.3 is 12.1 Å². The zero-order valence-electron chi connectivity index (χ0n) is 21.1. The molecule has 2 fully saturated rings. The molecule has 0 unspecified atom stereocenters. The second kappa shape index (κ2) is 12.5. The van der Waals surface area contributed by atoms with Gasteiger partial charge in [0.1, 0.15) is 24.9 Å². The molecule has 11 nitrogen and oxygen atoms in total. The number of primary amides is 1. The van der Waals surface area contributed by atoms with E-state index in [9.17, 15) is 14.4 Å². The normalized spacial score (nSPS) is 26.0. The number of esters is 1. The first-order chi connectivity index (χ1) is 17.1. The van der Waals surface area contributed by atoms with Crippen LogP contribution < -0.4 is 11.1 Å². The first kappa shape index (κ1) is 27.9. The average Bonchev–Trinajstić information content (AvgIpc) is 3.34. The summed E-state index contributed by atoms with van der Waals surface area (Å²) >= 11 is 0. The second-order valence-electron chi connectivity index (χ2n) is 9.38. The number of rotatable bonds is 12. The first-order valence-electron chi connectivity index (χ1n) is 12.0. The molecule has 0 radical (unpaired) electrons. The number of nitrogens with one attached hydrogen (secondary N) is 1. The Bertz CT molecular complexity index is 895. The number of hydrogen-bond donors (Lipinski definition) is 2. The van der Waals surface area contributed by atoms with E-state index in [0.717, 1.165) is 5.56 Å². The summed E-state index contributed by atoms with van der Waals surface area (Å²) in [7, 11) is 2.76. The lowest BCUT2D eigenvalue weighted by molar-refractivity contribution is -0.227. The topological polar surface area (TPSA) is 145 Å². The molecule has 2 saturated heterocycles. The van der Waals surface area contributed by atoms with Gasteiger partial charge in [0, 0.05) is 13.0 Å². The zero-order chi connectivity index (χ0) is 26.3. The molecule has 2 aliphatic heterocycles. The zero-order valence-corrected chi connectivity index (χ0v) is 21.1. The maximum absolute atomic E-state index is 12.3. The van der Waals surface area contributed by atoms with Crippen molar-refractivity contribution >= 4 is 18.0 Å². The third-order valence-corrected chi connectivity index (χ3v) is 6.34. The van der Waals surface area contributed by atoms with Crippen molar-refractivity contribution in [3.05, 3.63) is 35.9 Å². The Morgan fingerprint density at radius 2 is 1.75 bits per heavy atom. The van der Waals surface area contributed by atoms with Gasteiger partial charge in [-0.3, -0.25) is 4.79 Å². The Labute approximate surface area is 210 Å². The van der Waals surface area contributed by atoms with Crippen LogP contribution in [-0.4, -0.2) is 68.6 Å². The van der Waals surface area contributed by atoms with E-state index in [0.29, 0.717) is 12.8 Å². The first-order valence-corrected chi connectivity index (χ1v) is 12.0. The van der Waals surface area contributed by atoms with Gasteiger partial charge < -0.3 is 39.5 Å². The number of fused-ring (bicyclic) bond motifs is 1. The number of amides is 2. The molecular weight excluding hydrogens is 472 g/mol. The van der Waals surface area contributed by atoms with Gasteiger partial charge in [-0.1, -0.05) is 30.3 Å². The molecule has 3 rings (SSSR count). The number of benzene rings is 1. The molecule has 36 heavy (non-hydrogen) atoms. The largest absolute Gasteiger partial charge is 0.467 e. The van der Waals surface area contributed by atoms with Crippen LogP contribution in [0.2, 0.25) is 0 Å². The lowest BCUT2D eigenvalue weighted by Crippen LogP contribution is -2.42. The van der Waals surface area contributed by atoms with Gasteiger partial charge in [-0.15, -0.1) is 0 Å². The van der Waals surface area contributed by atoms with E-state index < -0.39 is 42.0 Å². The van der Waals surface area contributed by atoms with E-state index in [2.05, 4.69) is 5.32 Å². The van der Waals surface area contributed by atoms with Crippen LogP contribution in [0, 0.1) is 5.92 Å². The maximum Gasteiger partial charge on any atom is 0.408 e. The van der Waals surface area contributed by atoms with E-state index in [1.54, 1.807) is 0 Å². The molecule has 200 valence electrons. The molecule has 0 bridgehead atoms. The molecule has 0 aromatic heterocycles. The van der Waals surface area contributed by atoms with Crippen LogP contribution in [0.1, 0.15) is 45.1 Å². The fourth-order valence-electron chi connectivity index (χ4n) is 4.52. The van der Waals surface area contributed by atoms with Gasteiger partial charge in [-0.25, -0.2) is 9.59 Å². The number of ether oxygens (including phenoxy) is 6. The summed E-state index contributed by atoms with van der Waals surface area (Å²) in [4.78, 5) is 36.7. The molecule has 2 aliphatic rings. The summed E-state index contributed by atoms with van der Waals surface area (Å²) in [5.41, 5.74) is 6.45. The van der Waals surface area contributed by atoms with Crippen molar-refractivity contribution in [2.75, 3.05) is 14.2 Å². The lowest BCUT2D eigenvalue weighted by atomic mass is 9.92. The molecular formula is C25H36N2O9. The highest BCUT2D eigenvalue weighted by Crippen LogP contribution is 2.40. The molecule has 2 amide bonds. The van der Waals surface area contributed by atoms with Gasteiger partial charge in [0.05, 0.1) is 13.2 Å². The highest BCUT2D eigenvalue weighted by molar-refractivity contribution is 5.81. The van der Waals surface area contributed by atoms with Crippen LogP contribution in [0.15, 0.2) is 30.3 Å². The van der Waals surface area contributed by atoms with Gasteiger partial charge in [0.2, 0.25) is 5.91 Å². The van der Waals surface area contributed by atoms with E-state index >= 15 is 0 Å². The molecule has 11 heteroatoms. The van der Waals surface area contributed by atoms with Gasteiger partial charge in [-0.05, 0) is 45.1 Å². The Morgan fingerprint density at radius 1 is 1.06 bits per heavy atom. The van der Waals surface area contributed by atoms with Crippen LogP contribution in [0.5, 0.6) is 0 Å². The molecule has 1 aromatic rings. The minimum Gasteiger partial charge on any atom is -0.467 e. The summed E-state index contributed by atoms with van der Waals surface area (Å²) < 4.78 is 33.2. The standard InChI is InChI=1S/C25H36N2O9/c1-25(2)35-19-18(34-23(32-4)20(19)36-25)13-11-16(21(26)28)10-12-17(22(29)31-3)27-24(30)33-14-15-8-6-5-7-9-15/h5-9,16-20,23H,10-14H2,1-4H3,(H2,26,28)(H,27,30)/t16-,17-,18+,19+,20+,23+/m0/s1. The number of alkyl carbamates (subject to hydrolysis) is 1. The van der Waals surface area contributed by atoms with Gasteiger partial charge in [0.25, 0.3) is 0 Å². The van der Waals surface area contributed by atoms with Crippen molar-refractivity contribution in [3.8, 4) is 0 Å². The summed E-state index contributed by atoms with van der Waals surface area (Å²) in [5, 5.41) is 2.52. The van der Waals surface area contributed by atoms with E-state index in [1.165, 1.54) is 14.2 Å². The fraction of sp³-hybridized carbons (Fsp3) is 0.640. The molecule has 0 saturated carbocycles. The molecule has 0 aliphatic carbocycles. The second-order valence-corrected chi connectivity index (χ2v) is 9.38. The van der Waals surface area contributed by atoms with Gasteiger partial charge in [-0.2, -0.15) is 0 Å². The van der Waals surface area contributed by atoms with Gasteiger partial charge in [0.15, 0.2) is 12.1 Å². The monoisotopic (exact) mass is 508 g/mol. The van der Waals surface area contributed by atoms with E-state index in [-0.39, 0.29) is 37.8 Å². The highest BCUT2D eigenvalue weighted by Gasteiger charge is 2.55. The number of carbonyl (C=O) groups is 3. The third-order valence-electron chi connectivity index (χ3n) is 6.34. The highest BCUT2D eigenvalue weighted by atomic mass is 16.8. The fourth-order valence-corrected chi connectivity index (χ4v) is 4.52. The van der Waals surface area contributed by atoms with Crippen molar-refractivity contribution in [2.24, 2.45) is 11.7 Å². The van der Waals surface area contributed by atoms with Crippen molar-refractivity contribution in [2.45, 2.75) is 82.6 Å². The third kappa shape index (κ3) is 7.39. The van der Waals surface area contributed by atoms with Crippen molar-refractivity contribution in [3.63, 3.8) is 0 Å². The van der Waals surface area contributed by atoms with Crippen molar-refractivity contribution < 1.29 is 42.8 Å². The van der Waals surface area contributed by atoms with E-state index in [1.807, 2.05) is 44.2 Å². The molecule has 6 atom stereocenters. The number of carbonyl (C=O) groups excluding carboxylic acids is 3. The quantitative estimate of drug-likeness (QED) is 0.405. The minimum absolute atomic E-state index is 0.0546. The van der Waals surface area contributed by atoms with Crippen LogP contribution in [0.3, 0.4) is 0 Å². The average molecular weight is 509 g/mol. The summed E-state index contributed by atoms with van der Waals surface area (Å²) in [6, 6.07) is 8.16. The molecule has 3 N–H and O–H groups in total. The lowest BCUT2D eigenvalue weighted by Gasteiger charge is -2.24. The predicted octanol–water partition coefficient (Wildman–Crippen LogP) is 2.01. The predicted molar refractivity (Wildman–Crippen MR) is 126 cm³/mol. The Balaban J connectivity index is 1.52. The van der Waals surface area contributed by atoms with Crippen molar-refractivity contribution in [1.29, 1.82) is 0 Å². The summed E-state index contributed by atoms with van der Waals surface area (Å²) in [5.74, 6) is -2.46. The van der Waals surface area contributed by atoms with Crippen LogP contribution in [0.4, 0.5) is 4.79 Å². The van der Waals surface area contributed by atoms with Crippen LogP contribution in [-0.2, 0) is 44.6 Å². The maximum atomic E-state index is 12.3. The number of methoxy groups -OCH3 is 2. The summed E-state index contributed by atoms with van der Waals surface area (Å²) in [6.07, 6.45) is -1.09. The van der Waals surface area contributed by atoms with Crippen LogP contribution >= 0.6 is 0 Å². The SMILES string of the molecule is COC(=O)[C@H](CC[C@@H](CC[C@H]1O[C@@H](OC)[C@@H]2OC(C)(C)O[C@@H]21)C(N)=O)NC(=O)OCc1ccccc1. The summed E-state index contributed by atoms with van der Waals surface area (Å²) in [6.45, 7) is 3.71. The van der Waals surface area contributed by atoms with Crippen LogP contribution in [0.25, 0.3) is 0 Å². The Morgan fingerprint density at radius 3 is 2.39 bits per heavy atom. The molecule has 1 aromatic carbocycles. The number of nitrogens with two attached hydrogens (primary N) is 1. The minimum atomic E-state index is -0.988. The number of hydrogen-bond acceptors (Lipinski definition) is 9. The van der Waals surface area contributed by atoms with Crippen molar-refractivity contribution in [1.82, 2.24) is 5.32 Å². The molecule has 2 heterocycles.